The second kappa shape index (κ2) is 6.84. The lowest BCUT2D eigenvalue weighted by Gasteiger charge is -2.32. The Balaban J connectivity index is 2.57. The van der Waals surface area contributed by atoms with E-state index >= 15 is 0 Å². The fourth-order valence-electron chi connectivity index (χ4n) is 2.48. The molecular formula is C12H26N2O3S. The maximum Gasteiger partial charge on any atom is 0.279 e. The molecule has 0 bridgehead atoms. The van der Waals surface area contributed by atoms with Gasteiger partial charge in [-0.1, -0.05) is 13.8 Å². The molecule has 6 heteroatoms. The molecule has 0 aromatic heterocycles. The summed E-state index contributed by atoms with van der Waals surface area (Å²) in [6.07, 6.45) is 2.56. The normalized spacial score (nSPS) is 24.4. The summed E-state index contributed by atoms with van der Waals surface area (Å²) < 4.78 is 28.5. The van der Waals surface area contributed by atoms with Crippen LogP contribution in [-0.4, -0.2) is 43.6 Å². The van der Waals surface area contributed by atoms with E-state index in [2.05, 4.69) is 18.6 Å². The van der Waals surface area contributed by atoms with E-state index in [1.807, 2.05) is 6.92 Å². The van der Waals surface area contributed by atoms with E-state index in [0.717, 1.165) is 19.3 Å². The van der Waals surface area contributed by atoms with Gasteiger partial charge in [0.1, 0.15) is 0 Å². The van der Waals surface area contributed by atoms with Crippen molar-refractivity contribution in [1.82, 2.24) is 9.03 Å². The summed E-state index contributed by atoms with van der Waals surface area (Å²) in [6, 6.07) is -0.0514. The maximum absolute atomic E-state index is 12.2. The van der Waals surface area contributed by atoms with Gasteiger partial charge in [0, 0.05) is 25.7 Å². The molecule has 18 heavy (non-hydrogen) atoms. The minimum atomic E-state index is -3.40. The second-order valence-corrected chi connectivity index (χ2v) is 7.40. The molecule has 2 atom stereocenters. The van der Waals surface area contributed by atoms with E-state index in [9.17, 15) is 8.42 Å². The number of piperidine rings is 1. The van der Waals surface area contributed by atoms with Crippen LogP contribution >= 0.6 is 0 Å². The first-order valence-corrected chi connectivity index (χ1v) is 8.17. The standard InChI is InChI=1S/C12H26N2O3S/c1-10(2)7-11(3)13-18(16,17)14-6-4-5-12(8-14)9-15/h10-13,15H,4-9H2,1-3H3. The highest BCUT2D eigenvalue weighted by molar-refractivity contribution is 7.87. The minimum absolute atomic E-state index is 0.0514. The number of nitrogens with zero attached hydrogens (tertiary/aromatic N) is 1. The third kappa shape index (κ3) is 4.84. The Kier molecular flexibility index (Phi) is 6.04. The minimum Gasteiger partial charge on any atom is -0.396 e. The van der Waals surface area contributed by atoms with Crippen LogP contribution in [0.15, 0.2) is 0 Å². The van der Waals surface area contributed by atoms with Gasteiger partial charge in [-0.15, -0.1) is 0 Å². The fraction of sp³-hybridized carbons (Fsp3) is 1.00. The number of nitrogens with one attached hydrogen (secondary N) is 1. The van der Waals surface area contributed by atoms with Crippen molar-refractivity contribution in [3.63, 3.8) is 0 Å². The third-order valence-electron chi connectivity index (χ3n) is 3.25. The summed E-state index contributed by atoms with van der Waals surface area (Å²) in [5.41, 5.74) is 0. The first kappa shape index (κ1) is 15.9. The maximum atomic E-state index is 12.2. The largest absolute Gasteiger partial charge is 0.396 e. The predicted octanol–water partition coefficient (Wildman–Crippen LogP) is 0.960. The van der Waals surface area contributed by atoms with Gasteiger partial charge in [0.2, 0.25) is 0 Å². The lowest BCUT2D eigenvalue weighted by molar-refractivity contribution is 0.164. The SMILES string of the molecule is CC(C)CC(C)NS(=O)(=O)N1CCCC(CO)C1. The quantitative estimate of drug-likeness (QED) is 0.760. The van der Waals surface area contributed by atoms with Crippen molar-refractivity contribution >= 4 is 10.2 Å². The van der Waals surface area contributed by atoms with Gasteiger partial charge in [0.15, 0.2) is 0 Å². The van der Waals surface area contributed by atoms with E-state index in [4.69, 9.17) is 5.11 Å². The fourth-order valence-corrected chi connectivity index (χ4v) is 4.01. The molecule has 0 aromatic carbocycles. The molecule has 0 radical (unpaired) electrons. The molecule has 0 spiro atoms. The van der Waals surface area contributed by atoms with Gasteiger partial charge in [-0.25, -0.2) is 0 Å². The molecule has 1 fully saturated rings. The van der Waals surface area contributed by atoms with E-state index in [1.54, 1.807) is 0 Å². The van der Waals surface area contributed by atoms with E-state index in [0.29, 0.717) is 19.0 Å². The van der Waals surface area contributed by atoms with Crippen molar-refractivity contribution in [1.29, 1.82) is 0 Å². The van der Waals surface area contributed by atoms with Crippen LogP contribution in [0.1, 0.15) is 40.0 Å². The van der Waals surface area contributed by atoms with Gasteiger partial charge in [0.05, 0.1) is 0 Å². The zero-order chi connectivity index (χ0) is 13.8. The highest BCUT2D eigenvalue weighted by Gasteiger charge is 2.29. The highest BCUT2D eigenvalue weighted by Crippen LogP contribution is 2.18. The van der Waals surface area contributed by atoms with Gasteiger partial charge in [0.25, 0.3) is 10.2 Å². The van der Waals surface area contributed by atoms with Crippen molar-refractivity contribution in [2.45, 2.75) is 46.1 Å². The molecule has 2 unspecified atom stereocenters. The van der Waals surface area contributed by atoms with Crippen LogP contribution < -0.4 is 4.72 Å². The van der Waals surface area contributed by atoms with Crippen LogP contribution in [0.25, 0.3) is 0 Å². The molecular weight excluding hydrogens is 252 g/mol. The van der Waals surface area contributed by atoms with E-state index in [-0.39, 0.29) is 18.6 Å². The van der Waals surface area contributed by atoms with Crippen molar-refractivity contribution in [2.75, 3.05) is 19.7 Å². The first-order valence-electron chi connectivity index (χ1n) is 6.73. The number of aliphatic hydroxyl groups is 1. The van der Waals surface area contributed by atoms with Gasteiger partial charge in [-0.3, -0.25) is 0 Å². The van der Waals surface area contributed by atoms with Crippen LogP contribution in [0, 0.1) is 11.8 Å². The van der Waals surface area contributed by atoms with Crippen LogP contribution in [0.3, 0.4) is 0 Å². The van der Waals surface area contributed by atoms with E-state index in [1.165, 1.54) is 4.31 Å². The summed E-state index contributed by atoms with van der Waals surface area (Å²) in [5, 5.41) is 9.13. The molecule has 1 aliphatic rings. The predicted molar refractivity (Wildman–Crippen MR) is 72.4 cm³/mol. The lowest BCUT2D eigenvalue weighted by Crippen LogP contribution is -2.49. The van der Waals surface area contributed by atoms with Crippen LogP contribution in [0.4, 0.5) is 0 Å². The average Bonchev–Trinajstić information content (AvgIpc) is 2.27. The Labute approximate surface area is 111 Å². The lowest BCUT2D eigenvalue weighted by atomic mass is 10.0. The summed E-state index contributed by atoms with van der Waals surface area (Å²) in [6.45, 7) is 7.10. The highest BCUT2D eigenvalue weighted by atomic mass is 32.2. The Morgan fingerprint density at radius 3 is 2.61 bits per heavy atom. The number of rotatable bonds is 6. The molecule has 108 valence electrons. The molecule has 1 rings (SSSR count). The van der Waals surface area contributed by atoms with Gasteiger partial charge >= 0.3 is 0 Å². The Hall–Kier alpha value is -0.170. The summed E-state index contributed by atoms with van der Waals surface area (Å²) >= 11 is 0. The van der Waals surface area contributed by atoms with Gasteiger partial charge < -0.3 is 5.11 Å². The third-order valence-corrected chi connectivity index (χ3v) is 4.97. The molecule has 2 N–H and O–H groups in total. The average molecular weight is 278 g/mol. The molecule has 1 aliphatic heterocycles. The Morgan fingerprint density at radius 1 is 1.39 bits per heavy atom. The summed E-state index contributed by atoms with van der Waals surface area (Å²) in [5.74, 6) is 0.546. The number of hydrogen-bond donors (Lipinski definition) is 2. The first-order chi connectivity index (χ1) is 8.35. The zero-order valence-electron chi connectivity index (χ0n) is 11.6. The molecule has 1 saturated heterocycles. The van der Waals surface area contributed by atoms with Crippen molar-refractivity contribution in [3.8, 4) is 0 Å². The van der Waals surface area contributed by atoms with Crippen LogP contribution in [0.2, 0.25) is 0 Å². The molecule has 1 heterocycles. The smallest absolute Gasteiger partial charge is 0.279 e. The van der Waals surface area contributed by atoms with Crippen molar-refractivity contribution in [3.05, 3.63) is 0 Å². The Bertz CT molecular complexity index is 343. The van der Waals surface area contributed by atoms with Gasteiger partial charge in [-0.05, 0) is 38.0 Å². The van der Waals surface area contributed by atoms with E-state index < -0.39 is 10.2 Å². The summed E-state index contributed by atoms with van der Waals surface area (Å²) in [4.78, 5) is 0. The van der Waals surface area contributed by atoms with Crippen molar-refractivity contribution < 1.29 is 13.5 Å². The number of hydrogen-bond acceptors (Lipinski definition) is 3. The van der Waals surface area contributed by atoms with Crippen molar-refractivity contribution in [2.24, 2.45) is 11.8 Å². The topological polar surface area (TPSA) is 69.6 Å². The molecule has 0 amide bonds. The number of aliphatic hydroxyl groups excluding tert-OH is 1. The monoisotopic (exact) mass is 278 g/mol. The zero-order valence-corrected chi connectivity index (χ0v) is 12.4. The summed E-state index contributed by atoms with van der Waals surface area (Å²) in [7, 11) is -3.40. The molecule has 0 saturated carbocycles. The molecule has 0 aliphatic carbocycles. The second-order valence-electron chi connectivity index (χ2n) is 5.70. The van der Waals surface area contributed by atoms with Crippen LogP contribution in [0.5, 0.6) is 0 Å². The van der Waals surface area contributed by atoms with Crippen LogP contribution in [-0.2, 0) is 10.2 Å². The molecule has 5 nitrogen and oxygen atoms in total. The van der Waals surface area contributed by atoms with Gasteiger partial charge in [-0.2, -0.15) is 17.4 Å². The molecule has 0 aromatic rings. The Morgan fingerprint density at radius 2 is 2.06 bits per heavy atom.